The average molecular weight is 354 g/mol. The van der Waals surface area contributed by atoms with Crippen LogP contribution in [0.1, 0.15) is 16.7 Å². The number of benzene rings is 3. The van der Waals surface area contributed by atoms with Gasteiger partial charge in [-0.15, -0.1) is 0 Å². The Balaban J connectivity index is 1.73. The van der Waals surface area contributed by atoms with Gasteiger partial charge in [0.15, 0.2) is 0 Å². The highest BCUT2D eigenvalue weighted by atomic mass is 15.1. The number of nitrogens with one attached hydrogen (secondary N) is 2. The van der Waals surface area contributed by atoms with Gasteiger partial charge in [-0.3, -0.25) is 0 Å². The third-order valence-corrected chi connectivity index (χ3v) is 4.68. The Bertz CT molecular complexity index is 1100. The van der Waals surface area contributed by atoms with Crippen LogP contribution in [0.2, 0.25) is 0 Å². The van der Waals surface area contributed by atoms with Crippen LogP contribution in [0.5, 0.6) is 0 Å². The van der Waals surface area contributed by atoms with Crippen LogP contribution in [-0.2, 0) is 0 Å². The van der Waals surface area contributed by atoms with Crippen molar-refractivity contribution >= 4 is 34.0 Å². The summed E-state index contributed by atoms with van der Waals surface area (Å²) in [6.07, 6.45) is 0. The van der Waals surface area contributed by atoms with Crippen molar-refractivity contribution in [1.29, 1.82) is 0 Å². The predicted molar refractivity (Wildman–Crippen MR) is 113 cm³/mol. The highest BCUT2D eigenvalue weighted by Gasteiger charge is 2.09. The highest BCUT2D eigenvalue weighted by molar-refractivity contribution is 5.92. The summed E-state index contributed by atoms with van der Waals surface area (Å²) < 4.78 is 0. The van der Waals surface area contributed by atoms with Crippen molar-refractivity contribution in [3.05, 3.63) is 83.4 Å². The lowest BCUT2D eigenvalue weighted by atomic mass is 10.1. The highest BCUT2D eigenvalue weighted by Crippen LogP contribution is 2.27. The second-order valence-electron chi connectivity index (χ2n) is 6.83. The number of nitrogens with zero attached hydrogens (tertiary/aromatic N) is 2. The van der Waals surface area contributed by atoms with Crippen LogP contribution in [0.15, 0.2) is 66.7 Å². The molecule has 0 saturated heterocycles. The molecule has 0 amide bonds. The monoisotopic (exact) mass is 354 g/mol. The van der Waals surface area contributed by atoms with Gasteiger partial charge in [0, 0.05) is 16.8 Å². The van der Waals surface area contributed by atoms with E-state index in [1.807, 2.05) is 30.3 Å². The summed E-state index contributed by atoms with van der Waals surface area (Å²) in [5.41, 5.74) is 6.61. The lowest BCUT2D eigenvalue weighted by Crippen LogP contribution is -2.02. The number of para-hydroxylation sites is 1. The third kappa shape index (κ3) is 3.75. The largest absolute Gasteiger partial charge is 0.340 e. The number of aryl methyl sites for hydroxylation is 3. The van der Waals surface area contributed by atoms with E-state index in [4.69, 9.17) is 4.98 Å². The SMILES string of the molecule is Cc1ccc(Nc2nc(Nc3ccc(C)c(C)c3)nc3ccccc23)cc1. The maximum absolute atomic E-state index is 4.73. The number of aromatic nitrogens is 2. The summed E-state index contributed by atoms with van der Waals surface area (Å²) in [7, 11) is 0. The molecule has 0 radical (unpaired) electrons. The summed E-state index contributed by atoms with van der Waals surface area (Å²) in [6.45, 7) is 6.29. The summed E-state index contributed by atoms with van der Waals surface area (Å²) in [6, 6.07) is 22.6. The summed E-state index contributed by atoms with van der Waals surface area (Å²) in [5, 5.41) is 7.76. The minimum absolute atomic E-state index is 0.576. The van der Waals surface area contributed by atoms with Gasteiger partial charge in [0.2, 0.25) is 5.95 Å². The smallest absolute Gasteiger partial charge is 0.229 e. The Morgan fingerprint density at radius 2 is 1.41 bits per heavy atom. The molecule has 0 aliphatic carbocycles. The maximum atomic E-state index is 4.73. The fourth-order valence-corrected chi connectivity index (χ4v) is 2.95. The number of rotatable bonds is 4. The lowest BCUT2D eigenvalue weighted by Gasteiger charge is -2.13. The summed E-state index contributed by atoms with van der Waals surface area (Å²) in [5.74, 6) is 1.36. The van der Waals surface area contributed by atoms with Gasteiger partial charge < -0.3 is 10.6 Å². The second kappa shape index (κ2) is 7.08. The molecular weight excluding hydrogens is 332 g/mol. The van der Waals surface area contributed by atoms with Gasteiger partial charge in [0.25, 0.3) is 0 Å². The lowest BCUT2D eigenvalue weighted by molar-refractivity contribution is 1.21. The van der Waals surface area contributed by atoms with E-state index in [1.54, 1.807) is 0 Å². The van der Waals surface area contributed by atoms with Gasteiger partial charge in [0.1, 0.15) is 5.82 Å². The van der Waals surface area contributed by atoms with Crippen LogP contribution >= 0.6 is 0 Å². The average Bonchev–Trinajstić information content (AvgIpc) is 2.67. The first-order valence-electron chi connectivity index (χ1n) is 9.03. The van der Waals surface area contributed by atoms with Gasteiger partial charge in [-0.25, -0.2) is 4.98 Å². The zero-order valence-electron chi connectivity index (χ0n) is 15.7. The third-order valence-electron chi connectivity index (χ3n) is 4.68. The molecule has 0 aliphatic rings. The Morgan fingerprint density at radius 1 is 0.667 bits per heavy atom. The van der Waals surface area contributed by atoms with Crippen molar-refractivity contribution in [3.8, 4) is 0 Å². The van der Waals surface area contributed by atoms with Gasteiger partial charge in [-0.1, -0.05) is 35.9 Å². The Hall–Kier alpha value is -3.40. The van der Waals surface area contributed by atoms with Crippen LogP contribution in [0.3, 0.4) is 0 Å². The molecule has 134 valence electrons. The molecule has 4 heteroatoms. The molecule has 27 heavy (non-hydrogen) atoms. The summed E-state index contributed by atoms with van der Waals surface area (Å²) in [4.78, 5) is 9.41. The van der Waals surface area contributed by atoms with Crippen molar-refractivity contribution in [1.82, 2.24) is 9.97 Å². The first kappa shape index (κ1) is 17.0. The van der Waals surface area contributed by atoms with E-state index in [2.05, 4.69) is 72.8 Å². The second-order valence-corrected chi connectivity index (χ2v) is 6.83. The molecule has 4 aromatic rings. The van der Waals surface area contributed by atoms with E-state index >= 15 is 0 Å². The fourth-order valence-electron chi connectivity index (χ4n) is 2.95. The molecule has 0 spiro atoms. The molecule has 3 aromatic carbocycles. The molecule has 4 rings (SSSR count). The van der Waals surface area contributed by atoms with Gasteiger partial charge in [-0.2, -0.15) is 4.98 Å². The van der Waals surface area contributed by atoms with Crippen molar-refractivity contribution in [2.45, 2.75) is 20.8 Å². The summed E-state index contributed by atoms with van der Waals surface area (Å²) >= 11 is 0. The molecule has 4 nitrogen and oxygen atoms in total. The quantitative estimate of drug-likeness (QED) is 0.469. The van der Waals surface area contributed by atoms with Gasteiger partial charge in [-0.05, 0) is 68.3 Å². The van der Waals surface area contributed by atoms with E-state index in [1.165, 1.54) is 16.7 Å². The van der Waals surface area contributed by atoms with E-state index < -0.39 is 0 Å². The van der Waals surface area contributed by atoms with Crippen molar-refractivity contribution in [3.63, 3.8) is 0 Å². The predicted octanol–water partition coefficient (Wildman–Crippen LogP) is 6.04. The number of anilines is 4. The normalized spacial score (nSPS) is 10.8. The molecule has 0 unspecified atom stereocenters. The van der Waals surface area contributed by atoms with Crippen LogP contribution in [0.4, 0.5) is 23.1 Å². The van der Waals surface area contributed by atoms with Crippen LogP contribution < -0.4 is 10.6 Å². The topological polar surface area (TPSA) is 49.8 Å². The Labute approximate surface area is 159 Å². The molecule has 0 bridgehead atoms. The van der Waals surface area contributed by atoms with Gasteiger partial charge in [0.05, 0.1) is 5.52 Å². The first-order valence-corrected chi connectivity index (χ1v) is 9.03. The fraction of sp³-hybridized carbons (Fsp3) is 0.130. The van der Waals surface area contributed by atoms with Crippen molar-refractivity contribution in [2.75, 3.05) is 10.6 Å². The number of fused-ring (bicyclic) bond motifs is 1. The molecular formula is C23H22N4. The Morgan fingerprint density at radius 3 is 2.19 bits per heavy atom. The molecule has 2 N–H and O–H groups in total. The molecule has 1 heterocycles. The van der Waals surface area contributed by atoms with Gasteiger partial charge >= 0.3 is 0 Å². The van der Waals surface area contributed by atoms with E-state index in [-0.39, 0.29) is 0 Å². The number of hydrogen-bond donors (Lipinski definition) is 2. The Kier molecular flexibility index (Phi) is 4.47. The van der Waals surface area contributed by atoms with Crippen LogP contribution in [0, 0.1) is 20.8 Å². The molecule has 0 atom stereocenters. The molecule has 0 aliphatic heterocycles. The minimum atomic E-state index is 0.576. The van der Waals surface area contributed by atoms with Crippen molar-refractivity contribution < 1.29 is 0 Å². The van der Waals surface area contributed by atoms with E-state index in [0.717, 1.165) is 28.1 Å². The zero-order chi connectivity index (χ0) is 18.8. The van der Waals surface area contributed by atoms with Crippen LogP contribution in [-0.4, -0.2) is 9.97 Å². The van der Waals surface area contributed by atoms with Crippen LogP contribution in [0.25, 0.3) is 10.9 Å². The van der Waals surface area contributed by atoms with Crippen molar-refractivity contribution in [2.24, 2.45) is 0 Å². The standard InChI is InChI=1S/C23H22N4/c1-15-8-11-18(12-9-15)24-22-20-6-4-5-7-21(20)26-23(27-22)25-19-13-10-16(2)17(3)14-19/h4-14H,1-3H3,(H2,24,25,26,27). The van der Waals surface area contributed by atoms with E-state index in [9.17, 15) is 0 Å². The number of hydrogen-bond acceptors (Lipinski definition) is 4. The molecule has 0 saturated carbocycles. The first-order chi connectivity index (χ1) is 13.1. The minimum Gasteiger partial charge on any atom is -0.340 e. The zero-order valence-corrected chi connectivity index (χ0v) is 15.7. The van der Waals surface area contributed by atoms with E-state index in [0.29, 0.717) is 5.95 Å². The maximum Gasteiger partial charge on any atom is 0.229 e. The molecule has 1 aromatic heterocycles. The molecule has 0 fully saturated rings.